The third kappa shape index (κ3) is 3.59. The Morgan fingerprint density at radius 3 is 2.69 bits per heavy atom. The summed E-state index contributed by atoms with van der Waals surface area (Å²) in [5.41, 5.74) is 0.350. The summed E-state index contributed by atoms with van der Waals surface area (Å²) in [6.07, 6.45) is 2.80. The van der Waals surface area contributed by atoms with Gasteiger partial charge in [0, 0.05) is 12.6 Å². The van der Waals surface area contributed by atoms with Crippen molar-refractivity contribution in [1.29, 1.82) is 0 Å². The topological polar surface area (TPSA) is 42.7 Å². The van der Waals surface area contributed by atoms with Crippen molar-refractivity contribution in [2.24, 2.45) is 5.41 Å². The molecule has 1 aromatic rings. The molecule has 0 fully saturated rings. The predicted molar refractivity (Wildman–Crippen MR) is 66.2 cm³/mol. The third-order valence-corrected chi connectivity index (χ3v) is 2.98. The van der Waals surface area contributed by atoms with E-state index < -0.39 is 0 Å². The number of hydrogen-bond acceptors (Lipinski definition) is 3. The van der Waals surface area contributed by atoms with Crippen LogP contribution in [-0.2, 0) is 6.54 Å². The minimum Gasteiger partial charge on any atom is -0.309 e. The molecule has 0 aromatic carbocycles. The van der Waals surface area contributed by atoms with Crippen molar-refractivity contribution in [3.05, 3.63) is 12.2 Å². The van der Waals surface area contributed by atoms with Gasteiger partial charge >= 0.3 is 0 Å². The zero-order valence-corrected chi connectivity index (χ0v) is 11.1. The first-order valence-electron chi connectivity index (χ1n) is 6.05. The smallest absolute Gasteiger partial charge is 0.141 e. The molecule has 0 unspecified atom stereocenters. The van der Waals surface area contributed by atoms with E-state index in [-0.39, 0.29) is 0 Å². The lowest BCUT2D eigenvalue weighted by Crippen LogP contribution is -2.29. The maximum Gasteiger partial charge on any atom is 0.141 e. The fourth-order valence-electron chi connectivity index (χ4n) is 1.47. The lowest BCUT2D eigenvalue weighted by molar-refractivity contribution is 0.323. The average Bonchev–Trinajstić information content (AvgIpc) is 2.66. The van der Waals surface area contributed by atoms with E-state index >= 15 is 0 Å². The summed E-state index contributed by atoms with van der Waals surface area (Å²) in [6.45, 7) is 12.8. The lowest BCUT2D eigenvalue weighted by atomic mass is 9.90. The van der Waals surface area contributed by atoms with Gasteiger partial charge in [-0.15, -0.1) is 0 Å². The highest BCUT2D eigenvalue weighted by atomic mass is 15.3. The van der Waals surface area contributed by atoms with Gasteiger partial charge in [0.05, 0.1) is 6.54 Å². The van der Waals surface area contributed by atoms with Gasteiger partial charge in [0.15, 0.2) is 0 Å². The van der Waals surface area contributed by atoms with E-state index in [1.165, 1.54) is 6.42 Å². The van der Waals surface area contributed by atoms with Gasteiger partial charge in [-0.2, -0.15) is 5.10 Å². The zero-order chi connectivity index (χ0) is 12.2. The van der Waals surface area contributed by atoms with Crippen molar-refractivity contribution in [3.63, 3.8) is 0 Å². The molecule has 1 N–H and O–H groups in total. The Kier molecular flexibility index (Phi) is 4.47. The standard InChI is InChI=1S/C12H24N4/c1-6-12(4,5)8-13-7-11-14-9-15-16(11)10(2)3/h9-10,13H,6-8H2,1-5H3. The van der Waals surface area contributed by atoms with E-state index in [4.69, 9.17) is 0 Å². The number of nitrogens with one attached hydrogen (secondary N) is 1. The van der Waals surface area contributed by atoms with Crippen LogP contribution in [0.25, 0.3) is 0 Å². The number of rotatable bonds is 6. The van der Waals surface area contributed by atoms with Crippen LogP contribution in [0.4, 0.5) is 0 Å². The fourth-order valence-corrected chi connectivity index (χ4v) is 1.47. The van der Waals surface area contributed by atoms with Crippen molar-refractivity contribution in [1.82, 2.24) is 20.1 Å². The van der Waals surface area contributed by atoms with E-state index in [0.29, 0.717) is 11.5 Å². The molecule has 1 aromatic heterocycles. The Morgan fingerprint density at radius 2 is 2.12 bits per heavy atom. The molecule has 16 heavy (non-hydrogen) atoms. The second-order valence-electron chi connectivity index (χ2n) is 5.34. The Bertz CT molecular complexity index is 315. The van der Waals surface area contributed by atoms with Gasteiger partial charge in [-0.1, -0.05) is 20.8 Å². The van der Waals surface area contributed by atoms with E-state index in [9.17, 15) is 0 Å². The molecule has 1 rings (SSSR count). The molecular formula is C12H24N4. The molecule has 0 amide bonds. The molecular weight excluding hydrogens is 200 g/mol. The average molecular weight is 224 g/mol. The second kappa shape index (κ2) is 5.43. The molecule has 0 aliphatic rings. The van der Waals surface area contributed by atoms with Crippen LogP contribution < -0.4 is 5.32 Å². The van der Waals surface area contributed by atoms with Gasteiger partial charge in [0.25, 0.3) is 0 Å². The van der Waals surface area contributed by atoms with Crippen LogP contribution in [0.2, 0.25) is 0 Å². The summed E-state index contributed by atoms with van der Waals surface area (Å²) in [7, 11) is 0. The summed E-state index contributed by atoms with van der Waals surface area (Å²) in [4.78, 5) is 4.27. The van der Waals surface area contributed by atoms with Crippen molar-refractivity contribution in [2.45, 2.75) is 53.6 Å². The highest BCUT2D eigenvalue weighted by Crippen LogP contribution is 2.17. The van der Waals surface area contributed by atoms with Crippen LogP contribution in [0.5, 0.6) is 0 Å². The number of aromatic nitrogens is 3. The van der Waals surface area contributed by atoms with Gasteiger partial charge in [0.2, 0.25) is 0 Å². The first-order valence-corrected chi connectivity index (χ1v) is 6.05. The molecule has 0 saturated heterocycles. The molecule has 0 spiro atoms. The predicted octanol–water partition coefficient (Wildman–Crippen LogP) is 2.38. The highest BCUT2D eigenvalue weighted by molar-refractivity contribution is 4.86. The molecule has 4 nitrogen and oxygen atoms in total. The summed E-state index contributed by atoms with van der Waals surface area (Å²) >= 11 is 0. The van der Waals surface area contributed by atoms with Crippen LogP contribution in [0.3, 0.4) is 0 Å². The monoisotopic (exact) mass is 224 g/mol. The maximum absolute atomic E-state index is 4.27. The van der Waals surface area contributed by atoms with Crippen LogP contribution >= 0.6 is 0 Å². The first-order chi connectivity index (χ1) is 7.46. The van der Waals surface area contributed by atoms with Crippen LogP contribution in [0.15, 0.2) is 6.33 Å². The van der Waals surface area contributed by atoms with Crippen molar-refractivity contribution in [3.8, 4) is 0 Å². The molecule has 0 atom stereocenters. The third-order valence-electron chi connectivity index (χ3n) is 2.98. The molecule has 92 valence electrons. The zero-order valence-electron chi connectivity index (χ0n) is 11.1. The van der Waals surface area contributed by atoms with Gasteiger partial charge in [-0.3, -0.25) is 0 Å². The minimum absolute atomic E-state index is 0.350. The Hall–Kier alpha value is -0.900. The summed E-state index contributed by atoms with van der Waals surface area (Å²) < 4.78 is 1.96. The lowest BCUT2D eigenvalue weighted by Gasteiger charge is -2.23. The van der Waals surface area contributed by atoms with Gasteiger partial charge < -0.3 is 5.32 Å². The van der Waals surface area contributed by atoms with Crippen LogP contribution in [0, 0.1) is 5.41 Å². The SMILES string of the molecule is CCC(C)(C)CNCc1ncnn1C(C)C. The Balaban J connectivity index is 2.46. The van der Waals surface area contributed by atoms with E-state index in [1.54, 1.807) is 6.33 Å². The Labute approximate surface area is 98.5 Å². The van der Waals surface area contributed by atoms with Crippen molar-refractivity contribution in [2.75, 3.05) is 6.54 Å². The largest absolute Gasteiger partial charge is 0.309 e. The van der Waals surface area contributed by atoms with Gasteiger partial charge in [0.1, 0.15) is 12.2 Å². The summed E-state index contributed by atoms with van der Waals surface area (Å²) in [6, 6.07) is 0.374. The summed E-state index contributed by atoms with van der Waals surface area (Å²) in [5, 5.41) is 7.67. The molecule has 0 bridgehead atoms. The number of nitrogens with zero attached hydrogens (tertiary/aromatic N) is 3. The van der Waals surface area contributed by atoms with E-state index in [0.717, 1.165) is 18.9 Å². The van der Waals surface area contributed by atoms with Crippen molar-refractivity contribution < 1.29 is 0 Å². The molecule has 0 saturated carbocycles. The first kappa shape index (κ1) is 13.2. The van der Waals surface area contributed by atoms with E-state index in [2.05, 4.69) is 50.0 Å². The second-order valence-corrected chi connectivity index (χ2v) is 5.34. The Morgan fingerprint density at radius 1 is 1.44 bits per heavy atom. The maximum atomic E-state index is 4.27. The minimum atomic E-state index is 0.350. The molecule has 4 heteroatoms. The number of hydrogen-bond donors (Lipinski definition) is 1. The van der Waals surface area contributed by atoms with Gasteiger partial charge in [-0.05, 0) is 25.7 Å². The van der Waals surface area contributed by atoms with Crippen LogP contribution in [-0.4, -0.2) is 21.3 Å². The van der Waals surface area contributed by atoms with E-state index in [1.807, 2.05) is 4.68 Å². The quantitative estimate of drug-likeness (QED) is 0.806. The molecule has 0 aliphatic heterocycles. The normalized spacial score (nSPS) is 12.4. The fraction of sp³-hybridized carbons (Fsp3) is 0.833. The molecule has 0 aliphatic carbocycles. The molecule has 1 heterocycles. The summed E-state index contributed by atoms with van der Waals surface area (Å²) in [5.74, 6) is 1.02. The van der Waals surface area contributed by atoms with Gasteiger partial charge in [-0.25, -0.2) is 9.67 Å². The van der Waals surface area contributed by atoms with Crippen molar-refractivity contribution >= 4 is 0 Å². The van der Waals surface area contributed by atoms with Crippen LogP contribution in [0.1, 0.15) is 52.9 Å². The molecule has 0 radical (unpaired) electrons. The highest BCUT2D eigenvalue weighted by Gasteiger charge is 2.15.